The summed E-state index contributed by atoms with van der Waals surface area (Å²) in [6.07, 6.45) is 21.4. The molecule has 0 radical (unpaired) electrons. The lowest BCUT2D eigenvalue weighted by molar-refractivity contribution is 0.539. The second-order valence-corrected chi connectivity index (χ2v) is 7.47. The van der Waals surface area contributed by atoms with Crippen LogP contribution in [0.5, 0.6) is 0 Å². The van der Waals surface area contributed by atoms with Gasteiger partial charge in [0.15, 0.2) is 0 Å². The number of fused-ring (bicyclic) bond motifs is 1. The molecule has 0 aliphatic heterocycles. The Kier molecular flexibility index (Phi) is 10.3. The second-order valence-electron chi connectivity index (χ2n) is 7.47. The molecule has 0 aliphatic rings. The Balaban J connectivity index is 1.46. The minimum Gasteiger partial charge on any atom is -0.261 e. The molecule has 0 unspecified atom stereocenters. The number of benzene rings is 1. The van der Waals surface area contributed by atoms with Gasteiger partial charge in [0.25, 0.3) is 0 Å². The van der Waals surface area contributed by atoms with Gasteiger partial charge in [0, 0.05) is 17.3 Å². The van der Waals surface area contributed by atoms with E-state index in [9.17, 15) is 0 Å². The number of aryl methyl sites for hydroxylation is 1. The zero-order valence-corrected chi connectivity index (χ0v) is 16.3. The van der Waals surface area contributed by atoms with Crippen LogP contribution in [-0.4, -0.2) is 4.98 Å². The quantitative estimate of drug-likeness (QED) is 0.319. The van der Waals surface area contributed by atoms with Crippen LogP contribution >= 0.6 is 0 Å². The number of rotatable bonds is 14. The van der Waals surface area contributed by atoms with Crippen LogP contribution in [0.4, 0.5) is 0 Å². The summed E-state index contributed by atoms with van der Waals surface area (Å²) in [5, 5.41) is 2.66. The maximum Gasteiger partial charge on any atom is 0.0481 e. The molecule has 0 aliphatic carbocycles. The second kappa shape index (κ2) is 12.9. The number of hydrogen-bond donors (Lipinski definition) is 0. The molecule has 0 fully saturated rings. The Morgan fingerprint density at radius 3 is 1.84 bits per heavy atom. The van der Waals surface area contributed by atoms with E-state index in [1.54, 1.807) is 0 Å². The molecule has 0 amide bonds. The molecular weight excluding hydrogens is 302 g/mol. The summed E-state index contributed by atoms with van der Waals surface area (Å²) in [6.45, 7) is 2.29. The van der Waals surface area contributed by atoms with Gasteiger partial charge in [-0.1, -0.05) is 108 Å². The van der Waals surface area contributed by atoms with Crippen LogP contribution in [0.25, 0.3) is 10.8 Å². The van der Waals surface area contributed by atoms with Crippen molar-refractivity contribution in [2.24, 2.45) is 0 Å². The van der Waals surface area contributed by atoms with Crippen LogP contribution < -0.4 is 0 Å². The summed E-state index contributed by atoms with van der Waals surface area (Å²) in [5.74, 6) is 0. The van der Waals surface area contributed by atoms with Crippen LogP contribution in [-0.2, 0) is 6.42 Å². The Hall–Kier alpha value is -1.37. The van der Waals surface area contributed by atoms with E-state index in [1.807, 2.05) is 6.20 Å². The minimum absolute atomic E-state index is 1.12. The third-order valence-electron chi connectivity index (χ3n) is 5.27. The van der Waals surface area contributed by atoms with Crippen molar-refractivity contribution < 1.29 is 0 Å². The molecule has 2 aromatic rings. The normalized spacial score (nSPS) is 11.2. The fourth-order valence-electron chi connectivity index (χ4n) is 3.69. The summed E-state index contributed by atoms with van der Waals surface area (Å²) >= 11 is 0. The highest BCUT2D eigenvalue weighted by molar-refractivity contribution is 5.84. The van der Waals surface area contributed by atoms with Crippen molar-refractivity contribution in [2.45, 2.75) is 96.8 Å². The molecule has 0 saturated carbocycles. The van der Waals surface area contributed by atoms with Gasteiger partial charge in [-0.25, -0.2) is 0 Å². The molecule has 1 aromatic carbocycles. The lowest BCUT2D eigenvalue weighted by atomic mass is 10.0. The highest BCUT2D eigenvalue weighted by Gasteiger charge is 2.01. The van der Waals surface area contributed by atoms with E-state index in [-0.39, 0.29) is 0 Å². The van der Waals surface area contributed by atoms with Crippen molar-refractivity contribution in [3.8, 4) is 0 Å². The highest BCUT2D eigenvalue weighted by atomic mass is 14.7. The molecule has 0 saturated heterocycles. The molecule has 0 bridgehead atoms. The zero-order valence-electron chi connectivity index (χ0n) is 16.3. The molecule has 1 heterocycles. The third-order valence-corrected chi connectivity index (χ3v) is 5.27. The SMILES string of the molecule is CCCCCCCCCCCCCCCc1nccc2ccccc12. The molecule has 25 heavy (non-hydrogen) atoms. The summed E-state index contributed by atoms with van der Waals surface area (Å²) in [7, 11) is 0. The minimum atomic E-state index is 1.12. The molecular formula is C24H37N. The molecule has 0 atom stereocenters. The summed E-state index contributed by atoms with van der Waals surface area (Å²) in [6, 6.07) is 10.7. The van der Waals surface area contributed by atoms with Crippen molar-refractivity contribution in [2.75, 3.05) is 0 Å². The molecule has 1 nitrogen and oxygen atoms in total. The number of aromatic nitrogens is 1. The van der Waals surface area contributed by atoms with Crippen LogP contribution in [0.2, 0.25) is 0 Å². The van der Waals surface area contributed by atoms with Crippen molar-refractivity contribution in [3.05, 3.63) is 42.2 Å². The van der Waals surface area contributed by atoms with Crippen LogP contribution in [0.3, 0.4) is 0 Å². The fourth-order valence-corrected chi connectivity index (χ4v) is 3.69. The molecule has 0 N–H and O–H groups in total. The average Bonchev–Trinajstić information content (AvgIpc) is 2.65. The monoisotopic (exact) mass is 339 g/mol. The number of pyridine rings is 1. The summed E-state index contributed by atoms with van der Waals surface area (Å²) < 4.78 is 0. The van der Waals surface area contributed by atoms with E-state index < -0.39 is 0 Å². The van der Waals surface area contributed by atoms with Gasteiger partial charge in [0.2, 0.25) is 0 Å². The van der Waals surface area contributed by atoms with Crippen LogP contribution in [0.1, 0.15) is 96.1 Å². The van der Waals surface area contributed by atoms with Crippen molar-refractivity contribution >= 4 is 10.8 Å². The third kappa shape index (κ3) is 8.03. The number of hydrogen-bond acceptors (Lipinski definition) is 1. The first-order valence-corrected chi connectivity index (χ1v) is 10.7. The number of nitrogens with zero attached hydrogens (tertiary/aromatic N) is 1. The Bertz CT molecular complexity index is 570. The summed E-state index contributed by atoms with van der Waals surface area (Å²) in [4.78, 5) is 4.60. The maximum atomic E-state index is 4.60. The van der Waals surface area contributed by atoms with Crippen molar-refractivity contribution in [1.29, 1.82) is 0 Å². The lowest BCUT2D eigenvalue weighted by Crippen LogP contribution is -1.92. The first-order valence-electron chi connectivity index (χ1n) is 10.7. The van der Waals surface area contributed by atoms with E-state index in [0.717, 1.165) is 6.42 Å². The van der Waals surface area contributed by atoms with Gasteiger partial charge >= 0.3 is 0 Å². The van der Waals surface area contributed by atoms with Crippen molar-refractivity contribution in [3.63, 3.8) is 0 Å². The topological polar surface area (TPSA) is 12.9 Å². The average molecular weight is 340 g/mol. The van der Waals surface area contributed by atoms with E-state index >= 15 is 0 Å². The van der Waals surface area contributed by atoms with Gasteiger partial charge < -0.3 is 0 Å². The largest absolute Gasteiger partial charge is 0.261 e. The lowest BCUT2D eigenvalue weighted by Gasteiger charge is -2.06. The van der Waals surface area contributed by atoms with Gasteiger partial charge in [-0.3, -0.25) is 4.98 Å². The predicted octanol–water partition coefficient (Wildman–Crippen LogP) is 7.87. The molecule has 0 spiro atoms. The maximum absolute atomic E-state index is 4.60. The van der Waals surface area contributed by atoms with E-state index in [0.29, 0.717) is 0 Å². The van der Waals surface area contributed by atoms with E-state index in [4.69, 9.17) is 0 Å². The first-order chi connectivity index (χ1) is 12.4. The molecule has 1 aromatic heterocycles. The number of unbranched alkanes of at least 4 members (excludes halogenated alkanes) is 12. The zero-order chi connectivity index (χ0) is 17.6. The molecule has 138 valence electrons. The van der Waals surface area contributed by atoms with Gasteiger partial charge in [0.05, 0.1) is 0 Å². The highest BCUT2D eigenvalue weighted by Crippen LogP contribution is 2.19. The van der Waals surface area contributed by atoms with Gasteiger partial charge in [-0.2, -0.15) is 0 Å². The standard InChI is InChI=1S/C24H37N/c1-2-3-4-5-6-7-8-9-10-11-12-13-14-19-24-23-18-16-15-17-22(23)20-21-25-24/h15-18,20-21H,2-14,19H2,1H3. The molecule has 1 heteroatoms. The first kappa shape index (κ1) is 19.9. The molecule has 2 rings (SSSR count). The van der Waals surface area contributed by atoms with Crippen LogP contribution in [0, 0.1) is 0 Å². The smallest absolute Gasteiger partial charge is 0.0481 e. The van der Waals surface area contributed by atoms with Gasteiger partial charge in [-0.15, -0.1) is 0 Å². The Morgan fingerprint density at radius 2 is 1.20 bits per heavy atom. The van der Waals surface area contributed by atoms with Gasteiger partial charge in [0.1, 0.15) is 0 Å². The Morgan fingerprint density at radius 1 is 0.640 bits per heavy atom. The summed E-state index contributed by atoms with van der Waals surface area (Å²) in [5.41, 5.74) is 1.28. The fraction of sp³-hybridized carbons (Fsp3) is 0.625. The van der Waals surface area contributed by atoms with Gasteiger partial charge in [-0.05, 0) is 24.3 Å². The van der Waals surface area contributed by atoms with E-state index in [1.165, 1.54) is 99.9 Å². The Labute approximate surface area is 155 Å². The van der Waals surface area contributed by atoms with Crippen molar-refractivity contribution in [1.82, 2.24) is 4.98 Å². The predicted molar refractivity (Wildman–Crippen MR) is 111 cm³/mol. The van der Waals surface area contributed by atoms with Crippen LogP contribution in [0.15, 0.2) is 36.5 Å². The van der Waals surface area contributed by atoms with E-state index in [2.05, 4.69) is 42.2 Å².